The van der Waals surface area contributed by atoms with Crippen LogP contribution in [0.5, 0.6) is 5.88 Å². The molecule has 0 fully saturated rings. The first kappa shape index (κ1) is 9.32. The molecule has 66 valence electrons. The Hall–Kier alpha value is -0.770. The lowest BCUT2D eigenvalue weighted by atomic mass is 10.4. The van der Waals surface area contributed by atoms with Crippen molar-refractivity contribution in [3.05, 3.63) is 11.8 Å². The normalized spacial score (nSPS) is 9.92. The number of thioether (sulfide) groups is 1. The number of aryl methyl sites for hydroxylation is 1. The zero-order valence-corrected chi connectivity index (χ0v) is 8.31. The molecule has 0 N–H and O–H groups in total. The lowest BCUT2D eigenvalue weighted by molar-refractivity contribution is 0.322. The summed E-state index contributed by atoms with van der Waals surface area (Å²) in [6.45, 7) is 4.52. The molecule has 0 aliphatic rings. The van der Waals surface area contributed by atoms with Crippen molar-refractivity contribution in [2.45, 2.75) is 19.0 Å². The predicted octanol–water partition coefficient (Wildman–Crippen LogP) is 1.91. The second-order valence-electron chi connectivity index (χ2n) is 2.27. The van der Waals surface area contributed by atoms with Crippen molar-refractivity contribution >= 4 is 11.8 Å². The third kappa shape index (κ3) is 2.37. The summed E-state index contributed by atoms with van der Waals surface area (Å²) in [5.41, 5.74) is 0.942. The van der Waals surface area contributed by atoms with Gasteiger partial charge in [-0.1, -0.05) is 11.8 Å². The van der Waals surface area contributed by atoms with E-state index in [1.54, 1.807) is 0 Å². The minimum Gasteiger partial charge on any atom is -0.478 e. The zero-order chi connectivity index (χ0) is 8.97. The smallest absolute Gasteiger partial charge is 0.217 e. The van der Waals surface area contributed by atoms with E-state index in [1.165, 1.54) is 11.8 Å². The van der Waals surface area contributed by atoms with Crippen LogP contribution in [0.4, 0.5) is 0 Å². The Kier molecular flexibility index (Phi) is 3.34. The minimum absolute atomic E-state index is 0.643. The van der Waals surface area contributed by atoms with Gasteiger partial charge in [0.2, 0.25) is 5.88 Å². The summed E-state index contributed by atoms with van der Waals surface area (Å²) < 4.78 is 5.26. The van der Waals surface area contributed by atoms with Crippen LogP contribution >= 0.6 is 11.8 Å². The number of nitrogens with zero attached hydrogens (tertiary/aromatic N) is 2. The molecule has 3 nitrogen and oxygen atoms in total. The van der Waals surface area contributed by atoms with Gasteiger partial charge in [0.1, 0.15) is 0 Å². The third-order valence-corrected chi connectivity index (χ3v) is 1.83. The molecule has 0 radical (unpaired) electrons. The van der Waals surface area contributed by atoms with Gasteiger partial charge >= 0.3 is 0 Å². The lowest BCUT2D eigenvalue weighted by Crippen LogP contribution is -1.97. The van der Waals surface area contributed by atoms with Gasteiger partial charge in [0, 0.05) is 11.8 Å². The Morgan fingerprint density at radius 1 is 1.50 bits per heavy atom. The molecule has 0 aromatic carbocycles. The number of aromatic nitrogens is 2. The molecule has 1 heterocycles. The van der Waals surface area contributed by atoms with E-state index in [2.05, 4.69) is 9.97 Å². The predicted molar refractivity (Wildman–Crippen MR) is 49.7 cm³/mol. The highest BCUT2D eigenvalue weighted by molar-refractivity contribution is 7.98. The van der Waals surface area contributed by atoms with Crippen molar-refractivity contribution in [3.63, 3.8) is 0 Å². The Bertz CT molecular complexity index is 265. The first-order valence-electron chi connectivity index (χ1n) is 3.78. The van der Waals surface area contributed by atoms with E-state index in [-0.39, 0.29) is 0 Å². The van der Waals surface area contributed by atoms with Crippen molar-refractivity contribution in [2.24, 2.45) is 0 Å². The molecule has 0 atom stereocenters. The maximum Gasteiger partial charge on any atom is 0.217 e. The number of rotatable bonds is 3. The van der Waals surface area contributed by atoms with Crippen LogP contribution in [-0.2, 0) is 0 Å². The Morgan fingerprint density at radius 3 is 2.83 bits per heavy atom. The number of ether oxygens (including phenoxy) is 1. The summed E-state index contributed by atoms with van der Waals surface area (Å²) >= 11 is 1.52. The fraction of sp³-hybridized carbons (Fsp3) is 0.500. The van der Waals surface area contributed by atoms with Crippen LogP contribution in [0.25, 0.3) is 0 Å². The molecule has 12 heavy (non-hydrogen) atoms. The maximum atomic E-state index is 5.26. The van der Waals surface area contributed by atoms with Crippen molar-refractivity contribution in [3.8, 4) is 5.88 Å². The lowest BCUT2D eigenvalue weighted by Gasteiger charge is -2.03. The first-order chi connectivity index (χ1) is 5.76. The van der Waals surface area contributed by atoms with Crippen LogP contribution in [0.15, 0.2) is 11.2 Å². The van der Waals surface area contributed by atoms with E-state index in [9.17, 15) is 0 Å². The second kappa shape index (κ2) is 4.30. The van der Waals surface area contributed by atoms with Gasteiger partial charge in [0.05, 0.1) is 6.61 Å². The van der Waals surface area contributed by atoms with E-state index < -0.39 is 0 Å². The Labute approximate surface area is 76.6 Å². The van der Waals surface area contributed by atoms with Crippen LogP contribution in [-0.4, -0.2) is 22.8 Å². The molecule has 4 heteroatoms. The molecule has 0 saturated carbocycles. The van der Waals surface area contributed by atoms with Gasteiger partial charge in [-0.25, -0.2) is 4.98 Å². The summed E-state index contributed by atoms with van der Waals surface area (Å²) in [6.07, 6.45) is 1.95. The average molecular weight is 184 g/mol. The van der Waals surface area contributed by atoms with Crippen molar-refractivity contribution in [1.29, 1.82) is 0 Å². The Balaban J connectivity index is 2.90. The summed E-state index contributed by atoms with van der Waals surface area (Å²) in [6, 6.07) is 1.84. The van der Waals surface area contributed by atoms with E-state index >= 15 is 0 Å². The third-order valence-electron chi connectivity index (χ3n) is 1.28. The van der Waals surface area contributed by atoms with Crippen LogP contribution in [0, 0.1) is 6.92 Å². The van der Waals surface area contributed by atoms with Gasteiger partial charge in [0.15, 0.2) is 5.16 Å². The molecule has 1 aromatic heterocycles. The van der Waals surface area contributed by atoms with Gasteiger partial charge in [-0.2, -0.15) is 4.98 Å². The highest BCUT2D eigenvalue weighted by atomic mass is 32.2. The molecule has 1 rings (SSSR count). The molecule has 0 aliphatic heterocycles. The summed E-state index contributed by atoms with van der Waals surface area (Å²) in [7, 11) is 0. The zero-order valence-electron chi connectivity index (χ0n) is 7.50. The van der Waals surface area contributed by atoms with Crippen LogP contribution in [0.1, 0.15) is 12.6 Å². The van der Waals surface area contributed by atoms with Crippen LogP contribution < -0.4 is 4.74 Å². The van der Waals surface area contributed by atoms with Crippen molar-refractivity contribution < 1.29 is 4.74 Å². The molecular formula is C8H12N2OS. The second-order valence-corrected chi connectivity index (χ2v) is 3.04. The van der Waals surface area contributed by atoms with Crippen LogP contribution in [0.2, 0.25) is 0 Å². The maximum absolute atomic E-state index is 5.26. The van der Waals surface area contributed by atoms with Gasteiger partial charge in [0.25, 0.3) is 0 Å². The monoisotopic (exact) mass is 184 g/mol. The molecule has 0 amide bonds. The van der Waals surface area contributed by atoms with Gasteiger partial charge in [-0.05, 0) is 20.1 Å². The van der Waals surface area contributed by atoms with E-state index in [0.29, 0.717) is 12.5 Å². The number of hydrogen-bond acceptors (Lipinski definition) is 4. The minimum atomic E-state index is 0.643. The van der Waals surface area contributed by atoms with Crippen molar-refractivity contribution in [1.82, 2.24) is 9.97 Å². The van der Waals surface area contributed by atoms with E-state index in [1.807, 2.05) is 26.2 Å². The standard InChI is InChI=1S/C8H12N2OS/c1-4-11-7-5-6(2)9-8(10-7)12-3/h5H,4H2,1-3H3. The SMILES string of the molecule is CCOc1cc(C)nc(SC)n1. The summed E-state index contributed by atoms with van der Waals surface area (Å²) in [5, 5.41) is 0.762. The average Bonchev–Trinajstić information content (AvgIpc) is 2.04. The van der Waals surface area contributed by atoms with E-state index in [0.717, 1.165) is 10.9 Å². The molecule has 0 bridgehead atoms. The quantitative estimate of drug-likeness (QED) is 0.531. The highest BCUT2D eigenvalue weighted by Crippen LogP contribution is 2.14. The summed E-state index contributed by atoms with van der Waals surface area (Å²) in [4.78, 5) is 8.38. The Morgan fingerprint density at radius 2 is 2.25 bits per heavy atom. The largest absolute Gasteiger partial charge is 0.478 e. The van der Waals surface area contributed by atoms with Crippen molar-refractivity contribution in [2.75, 3.05) is 12.9 Å². The molecule has 1 aromatic rings. The highest BCUT2D eigenvalue weighted by Gasteiger charge is 2.00. The molecule has 0 spiro atoms. The number of hydrogen-bond donors (Lipinski definition) is 0. The van der Waals surface area contributed by atoms with Gasteiger partial charge in [-0.15, -0.1) is 0 Å². The molecule has 0 unspecified atom stereocenters. The summed E-state index contributed by atoms with van der Waals surface area (Å²) in [5.74, 6) is 0.661. The molecule has 0 saturated heterocycles. The van der Waals surface area contributed by atoms with Gasteiger partial charge in [-0.3, -0.25) is 0 Å². The van der Waals surface area contributed by atoms with Crippen LogP contribution in [0.3, 0.4) is 0 Å². The fourth-order valence-corrected chi connectivity index (χ4v) is 1.24. The topological polar surface area (TPSA) is 35.0 Å². The fourth-order valence-electron chi connectivity index (χ4n) is 0.826. The molecular weight excluding hydrogens is 172 g/mol. The van der Waals surface area contributed by atoms with E-state index in [4.69, 9.17) is 4.74 Å². The molecule has 0 aliphatic carbocycles. The first-order valence-corrected chi connectivity index (χ1v) is 5.01. The van der Waals surface area contributed by atoms with Gasteiger partial charge < -0.3 is 4.74 Å².